The van der Waals surface area contributed by atoms with Gasteiger partial charge in [0.1, 0.15) is 0 Å². The maximum absolute atomic E-state index is 12.4. The molecule has 0 saturated carbocycles. The van der Waals surface area contributed by atoms with Crippen LogP contribution in [0, 0.1) is 0 Å². The van der Waals surface area contributed by atoms with Gasteiger partial charge in [-0.15, -0.1) is 0 Å². The number of amides is 1. The zero-order valence-corrected chi connectivity index (χ0v) is 18.5. The highest BCUT2D eigenvalue weighted by Gasteiger charge is 2.15. The van der Waals surface area contributed by atoms with Crippen molar-refractivity contribution in [2.24, 2.45) is 0 Å². The zero-order chi connectivity index (χ0) is 21.1. The monoisotopic (exact) mass is 422 g/mol. The van der Waals surface area contributed by atoms with Crippen LogP contribution in [0.4, 0.5) is 5.69 Å². The fourth-order valence-electron chi connectivity index (χ4n) is 2.74. The van der Waals surface area contributed by atoms with Gasteiger partial charge in [-0.3, -0.25) is 9.69 Å². The van der Waals surface area contributed by atoms with Crippen molar-refractivity contribution < 1.29 is 13.2 Å². The Morgan fingerprint density at radius 2 is 1.71 bits per heavy atom. The number of carbonyl (C=O) groups excluding carboxylic acids is 1. The summed E-state index contributed by atoms with van der Waals surface area (Å²) in [5.41, 5.74) is 2.76. The lowest BCUT2D eigenvalue weighted by Gasteiger charge is -2.20. The largest absolute Gasteiger partial charge is 0.324 e. The van der Waals surface area contributed by atoms with Crippen molar-refractivity contribution in [3.8, 4) is 0 Å². The Labute approximate surface area is 172 Å². The van der Waals surface area contributed by atoms with E-state index in [1.807, 2.05) is 11.9 Å². The van der Waals surface area contributed by atoms with Crippen molar-refractivity contribution in [2.75, 3.05) is 25.2 Å². The molecule has 5 nitrogen and oxygen atoms in total. The van der Waals surface area contributed by atoms with Gasteiger partial charge < -0.3 is 5.32 Å². The maximum atomic E-state index is 12.4. The van der Waals surface area contributed by atoms with Crippen LogP contribution >= 0.6 is 11.6 Å². The third kappa shape index (κ3) is 6.33. The summed E-state index contributed by atoms with van der Waals surface area (Å²) in [7, 11) is -1.52. The number of likely N-dealkylation sites (N-methyl/N-ethyl adjacent to an activating group) is 1. The summed E-state index contributed by atoms with van der Waals surface area (Å²) in [6.45, 7) is 7.28. The Morgan fingerprint density at radius 3 is 2.25 bits per heavy atom. The van der Waals surface area contributed by atoms with Crippen molar-refractivity contribution in [1.29, 1.82) is 0 Å². The number of nitrogens with zero attached hydrogens (tertiary/aromatic N) is 1. The zero-order valence-electron chi connectivity index (χ0n) is 16.9. The fourth-order valence-corrected chi connectivity index (χ4v) is 3.56. The summed E-state index contributed by atoms with van der Waals surface area (Å²) in [6.07, 6.45) is 1.11. The number of rotatable bonds is 6. The lowest BCUT2D eigenvalue weighted by Crippen LogP contribution is -2.30. The molecule has 0 atom stereocenters. The summed E-state index contributed by atoms with van der Waals surface area (Å²) < 4.78 is 23.4. The first kappa shape index (κ1) is 22.4. The lowest BCUT2D eigenvalue weighted by molar-refractivity contribution is -0.117. The molecule has 2 rings (SSSR count). The lowest BCUT2D eigenvalue weighted by atomic mass is 9.87. The van der Waals surface area contributed by atoms with Gasteiger partial charge in [0, 0.05) is 12.8 Å². The summed E-state index contributed by atoms with van der Waals surface area (Å²) in [6, 6.07) is 12.6. The van der Waals surface area contributed by atoms with E-state index >= 15 is 0 Å². The number of sulfone groups is 1. The molecular weight excluding hydrogens is 396 g/mol. The average molecular weight is 423 g/mol. The molecule has 152 valence electrons. The Morgan fingerprint density at radius 1 is 1.11 bits per heavy atom. The van der Waals surface area contributed by atoms with Crippen LogP contribution in [0.1, 0.15) is 31.9 Å². The first-order valence-corrected chi connectivity index (χ1v) is 11.2. The number of anilines is 1. The average Bonchev–Trinajstić information content (AvgIpc) is 2.55. The molecule has 0 fully saturated rings. The Kier molecular flexibility index (Phi) is 6.91. The number of benzene rings is 2. The molecule has 0 saturated heterocycles. The summed E-state index contributed by atoms with van der Waals surface area (Å²) in [5.74, 6) is -0.263. The second-order valence-corrected chi connectivity index (χ2v) is 10.5. The van der Waals surface area contributed by atoms with E-state index in [0.717, 1.165) is 11.8 Å². The van der Waals surface area contributed by atoms with Crippen molar-refractivity contribution in [3.63, 3.8) is 0 Å². The minimum absolute atomic E-state index is 0.101. The molecule has 0 radical (unpaired) electrons. The molecule has 1 N–H and O–H groups in total. The maximum Gasteiger partial charge on any atom is 0.238 e. The molecule has 28 heavy (non-hydrogen) atoms. The van der Waals surface area contributed by atoms with Gasteiger partial charge in [-0.1, -0.05) is 56.6 Å². The predicted molar refractivity (Wildman–Crippen MR) is 115 cm³/mol. The number of carbonyl (C=O) groups is 1. The Hall–Kier alpha value is -1.89. The number of hydrogen-bond acceptors (Lipinski definition) is 4. The number of halogens is 1. The predicted octanol–water partition coefficient (Wildman–Crippen LogP) is 4.11. The summed E-state index contributed by atoms with van der Waals surface area (Å²) >= 11 is 6.09. The highest BCUT2D eigenvalue weighted by atomic mass is 35.5. The van der Waals surface area contributed by atoms with E-state index in [0.29, 0.717) is 11.6 Å². The van der Waals surface area contributed by atoms with E-state index in [1.165, 1.54) is 23.8 Å². The standard InChI is InChI=1S/C21H27ClN2O3S/c1-21(2,3)16-8-6-15(7-9-16)13-24(4)14-20(25)23-19-12-17(28(5,26)27)10-11-18(19)22/h6-12H,13-14H2,1-5H3,(H,23,25). The van der Waals surface area contributed by atoms with Gasteiger partial charge in [0.25, 0.3) is 0 Å². The van der Waals surface area contributed by atoms with Gasteiger partial charge in [-0.25, -0.2) is 8.42 Å². The van der Waals surface area contributed by atoms with Crippen molar-refractivity contribution in [1.82, 2.24) is 4.90 Å². The Balaban J connectivity index is 2.00. The van der Waals surface area contributed by atoms with Gasteiger partial charge in [0.05, 0.1) is 22.2 Å². The summed E-state index contributed by atoms with van der Waals surface area (Å²) in [4.78, 5) is 14.3. The third-order valence-electron chi connectivity index (χ3n) is 4.33. The summed E-state index contributed by atoms with van der Waals surface area (Å²) in [5, 5.41) is 2.98. The second kappa shape index (κ2) is 8.64. The molecule has 2 aromatic rings. The van der Waals surface area contributed by atoms with Crippen LogP contribution in [0.15, 0.2) is 47.4 Å². The minimum Gasteiger partial charge on any atom is -0.324 e. The molecule has 0 spiro atoms. The van der Waals surface area contributed by atoms with Crippen LogP contribution in [0.2, 0.25) is 5.02 Å². The van der Waals surface area contributed by atoms with Crippen LogP contribution in [0.5, 0.6) is 0 Å². The molecule has 7 heteroatoms. The van der Waals surface area contributed by atoms with Crippen molar-refractivity contribution in [3.05, 3.63) is 58.6 Å². The molecule has 0 aliphatic heterocycles. The van der Waals surface area contributed by atoms with E-state index < -0.39 is 9.84 Å². The first-order valence-electron chi connectivity index (χ1n) is 8.93. The first-order chi connectivity index (χ1) is 12.9. The van der Waals surface area contributed by atoms with E-state index in [4.69, 9.17) is 11.6 Å². The smallest absolute Gasteiger partial charge is 0.238 e. The highest BCUT2D eigenvalue weighted by Crippen LogP contribution is 2.25. The molecular formula is C21H27ClN2O3S. The number of hydrogen-bond donors (Lipinski definition) is 1. The normalized spacial score (nSPS) is 12.2. The molecule has 1 amide bonds. The second-order valence-electron chi connectivity index (χ2n) is 8.08. The molecule has 0 heterocycles. The number of nitrogens with one attached hydrogen (secondary N) is 1. The van der Waals surface area contributed by atoms with Gasteiger partial charge in [-0.05, 0) is 41.8 Å². The van der Waals surface area contributed by atoms with E-state index in [1.54, 1.807) is 0 Å². The molecule has 0 aliphatic carbocycles. The Bertz CT molecular complexity index is 949. The van der Waals surface area contributed by atoms with Crippen molar-refractivity contribution in [2.45, 2.75) is 37.6 Å². The van der Waals surface area contributed by atoms with Crippen LogP contribution in [-0.2, 0) is 26.6 Å². The highest BCUT2D eigenvalue weighted by molar-refractivity contribution is 7.90. The third-order valence-corrected chi connectivity index (χ3v) is 5.77. The quantitative estimate of drug-likeness (QED) is 0.760. The van der Waals surface area contributed by atoms with Gasteiger partial charge in [0.2, 0.25) is 5.91 Å². The van der Waals surface area contributed by atoms with Crippen LogP contribution in [0.25, 0.3) is 0 Å². The molecule has 0 bridgehead atoms. The van der Waals surface area contributed by atoms with Crippen LogP contribution in [0.3, 0.4) is 0 Å². The van der Waals surface area contributed by atoms with E-state index in [2.05, 4.69) is 50.4 Å². The van der Waals surface area contributed by atoms with Crippen LogP contribution in [-0.4, -0.2) is 39.1 Å². The van der Waals surface area contributed by atoms with Crippen LogP contribution < -0.4 is 5.32 Å². The van der Waals surface area contributed by atoms with Gasteiger partial charge in [0.15, 0.2) is 9.84 Å². The van der Waals surface area contributed by atoms with Crippen molar-refractivity contribution >= 4 is 33.0 Å². The van der Waals surface area contributed by atoms with E-state index in [9.17, 15) is 13.2 Å². The molecule has 0 unspecified atom stereocenters. The minimum atomic E-state index is -3.38. The van der Waals surface area contributed by atoms with Gasteiger partial charge in [-0.2, -0.15) is 0 Å². The molecule has 2 aromatic carbocycles. The fraction of sp³-hybridized carbons (Fsp3) is 0.381. The topological polar surface area (TPSA) is 66.5 Å². The van der Waals surface area contributed by atoms with E-state index in [-0.39, 0.29) is 28.4 Å². The SMILES string of the molecule is CN(CC(=O)Nc1cc(S(C)(=O)=O)ccc1Cl)Cc1ccc(C(C)(C)C)cc1. The molecule has 0 aliphatic rings. The van der Waals surface area contributed by atoms with Gasteiger partial charge >= 0.3 is 0 Å². The molecule has 0 aromatic heterocycles.